The minimum Gasteiger partial charge on any atom is -0.434 e. The van der Waals surface area contributed by atoms with Gasteiger partial charge in [-0.2, -0.15) is 13.9 Å². The lowest BCUT2D eigenvalue weighted by Gasteiger charge is -2.07. The first-order chi connectivity index (χ1) is 11.9. The molecule has 2 rings (SSSR count). The zero-order valence-electron chi connectivity index (χ0n) is 12.4. The maximum absolute atomic E-state index is 12.4. The van der Waals surface area contributed by atoms with E-state index in [2.05, 4.69) is 15.3 Å². The first kappa shape index (κ1) is 18.3. The number of nitrogens with one attached hydrogen (secondary N) is 1. The molecule has 0 radical (unpaired) electrons. The number of benzene rings is 2. The zero-order valence-corrected chi connectivity index (χ0v) is 13.1. The highest BCUT2D eigenvalue weighted by Crippen LogP contribution is 2.24. The van der Waals surface area contributed by atoms with Gasteiger partial charge in [0.25, 0.3) is 11.6 Å². The smallest absolute Gasteiger partial charge is 0.387 e. The highest BCUT2D eigenvalue weighted by molar-refractivity contribution is 6.30. The number of hydrazone groups is 1. The third-order valence-electron chi connectivity index (χ3n) is 2.90. The lowest BCUT2D eigenvalue weighted by molar-refractivity contribution is -0.384. The Kier molecular flexibility index (Phi) is 5.96. The third kappa shape index (κ3) is 5.21. The molecule has 130 valence electrons. The summed E-state index contributed by atoms with van der Waals surface area (Å²) >= 11 is 5.71. The fraction of sp³-hybridized carbons (Fsp3) is 0.0667. The van der Waals surface area contributed by atoms with Crippen molar-refractivity contribution in [3.05, 3.63) is 68.7 Å². The Labute approximate surface area is 145 Å². The first-order valence-electron chi connectivity index (χ1n) is 6.69. The Balaban J connectivity index is 2.17. The molecule has 7 nitrogen and oxygen atoms in total. The summed E-state index contributed by atoms with van der Waals surface area (Å²) in [5, 5.41) is 14.8. The number of amides is 1. The molecule has 2 aromatic rings. The van der Waals surface area contributed by atoms with E-state index in [1.54, 1.807) is 0 Å². The number of ether oxygens (including phenoxy) is 1. The Hall–Kier alpha value is -3.07. The summed E-state index contributed by atoms with van der Waals surface area (Å²) in [6.07, 6.45) is 0.971. The van der Waals surface area contributed by atoms with E-state index in [0.29, 0.717) is 5.02 Å². The molecule has 10 heteroatoms. The van der Waals surface area contributed by atoms with Gasteiger partial charge in [-0.15, -0.1) is 0 Å². The van der Waals surface area contributed by atoms with E-state index in [-0.39, 0.29) is 22.6 Å². The van der Waals surface area contributed by atoms with Crippen LogP contribution in [0, 0.1) is 10.1 Å². The van der Waals surface area contributed by atoms with Gasteiger partial charge in [-0.3, -0.25) is 14.9 Å². The van der Waals surface area contributed by atoms with E-state index >= 15 is 0 Å². The maximum Gasteiger partial charge on any atom is 0.387 e. The average molecular weight is 370 g/mol. The van der Waals surface area contributed by atoms with E-state index in [1.807, 2.05) is 0 Å². The number of hydrogen-bond donors (Lipinski definition) is 1. The first-order valence-corrected chi connectivity index (χ1v) is 7.07. The fourth-order valence-electron chi connectivity index (χ4n) is 1.78. The molecule has 0 bridgehead atoms. The molecule has 0 fully saturated rings. The van der Waals surface area contributed by atoms with Crippen LogP contribution in [0.2, 0.25) is 5.02 Å². The van der Waals surface area contributed by atoms with Gasteiger partial charge in [0.2, 0.25) is 0 Å². The summed E-state index contributed by atoms with van der Waals surface area (Å²) in [5.41, 5.74) is 2.01. The molecule has 1 N–H and O–H groups in total. The monoisotopic (exact) mass is 369 g/mol. The number of rotatable bonds is 6. The van der Waals surface area contributed by atoms with Crippen molar-refractivity contribution in [1.29, 1.82) is 0 Å². The predicted molar refractivity (Wildman–Crippen MR) is 86.2 cm³/mol. The number of halogens is 3. The second kappa shape index (κ2) is 8.15. The van der Waals surface area contributed by atoms with Crippen LogP contribution in [0.1, 0.15) is 15.9 Å². The molecule has 0 aromatic heterocycles. The topological polar surface area (TPSA) is 93.8 Å². The largest absolute Gasteiger partial charge is 0.434 e. The molecule has 0 aliphatic carbocycles. The highest BCUT2D eigenvalue weighted by Gasteiger charge is 2.14. The summed E-state index contributed by atoms with van der Waals surface area (Å²) in [4.78, 5) is 21.9. The molecule has 25 heavy (non-hydrogen) atoms. The molecule has 2 aromatic carbocycles. The molecule has 0 aliphatic rings. The van der Waals surface area contributed by atoms with Crippen LogP contribution < -0.4 is 10.2 Å². The summed E-state index contributed by atoms with van der Waals surface area (Å²) in [7, 11) is 0. The summed E-state index contributed by atoms with van der Waals surface area (Å²) in [5.74, 6) is -0.889. The third-order valence-corrected chi connectivity index (χ3v) is 3.15. The van der Waals surface area contributed by atoms with Gasteiger partial charge in [0.1, 0.15) is 5.75 Å². The number of nitrogens with zero attached hydrogens (tertiary/aromatic N) is 2. The molecular weight excluding hydrogens is 360 g/mol. The number of non-ortho nitro benzene ring substituents is 1. The highest BCUT2D eigenvalue weighted by atomic mass is 35.5. The summed E-state index contributed by atoms with van der Waals surface area (Å²) in [6, 6.07) is 8.98. The summed E-state index contributed by atoms with van der Waals surface area (Å²) < 4.78 is 29.0. The van der Waals surface area contributed by atoms with Crippen molar-refractivity contribution in [2.24, 2.45) is 5.10 Å². The normalized spacial score (nSPS) is 10.9. The molecule has 0 heterocycles. The number of carbonyl (C=O) groups is 1. The van der Waals surface area contributed by atoms with Gasteiger partial charge in [0.15, 0.2) is 0 Å². The van der Waals surface area contributed by atoms with Crippen molar-refractivity contribution in [2.45, 2.75) is 6.61 Å². The van der Waals surface area contributed by atoms with Crippen LogP contribution in [-0.4, -0.2) is 23.7 Å². The second-order valence-corrected chi connectivity index (χ2v) is 5.00. The van der Waals surface area contributed by atoms with Crippen molar-refractivity contribution in [2.75, 3.05) is 0 Å². The molecule has 0 atom stereocenters. The van der Waals surface area contributed by atoms with Crippen molar-refractivity contribution in [3.63, 3.8) is 0 Å². The van der Waals surface area contributed by atoms with Crippen LogP contribution in [0.4, 0.5) is 14.5 Å². The van der Waals surface area contributed by atoms with Crippen molar-refractivity contribution in [1.82, 2.24) is 5.43 Å². The zero-order chi connectivity index (χ0) is 18.4. The minimum atomic E-state index is -3.11. The quantitative estimate of drug-likeness (QED) is 0.478. The standard InChI is InChI=1S/C15H10ClF2N3O4/c16-11-3-1-9(2-4-11)14(22)20-19-8-10-7-12(21(23)24)5-6-13(10)25-15(17)18/h1-8,15H,(H,20,22). The van der Waals surface area contributed by atoms with Gasteiger partial charge < -0.3 is 4.74 Å². The van der Waals surface area contributed by atoms with Gasteiger partial charge in [-0.05, 0) is 30.3 Å². The van der Waals surface area contributed by atoms with Gasteiger partial charge in [-0.25, -0.2) is 5.43 Å². The number of carbonyl (C=O) groups excluding carboxylic acids is 1. The molecule has 0 aliphatic heterocycles. The lowest BCUT2D eigenvalue weighted by atomic mass is 10.2. The Morgan fingerprint density at radius 1 is 1.28 bits per heavy atom. The van der Waals surface area contributed by atoms with Crippen LogP contribution in [0.5, 0.6) is 5.75 Å². The molecular formula is C15H10ClF2N3O4. The van der Waals surface area contributed by atoms with Crippen LogP contribution >= 0.6 is 11.6 Å². The number of nitro groups is 1. The van der Waals surface area contributed by atoms with Gasteiger partial charge in [0, 0.05) is 28.3 Å². The second-order valence-electron chi connectivity index (χ2n) is 4.56. The minimum absolute atomic E-state index is 0.0918. The Bertz CT molecular complexity index is 813. The van der Waals surface area contributed by atoms with Gasteiger partial charge >= 0.3 is 6.61 Å². The number of hydrogen-bond acceptors (Lipinski definition) is 5. The van der Waals surface area contributed by atoms with E-state index < -0.39 is 17.4 Å². The summed E-state index contributed by atoms with van der Waals surface area (Å²) in [6.45, 7) is -3.11. The molecule has 1 amide bonds. The van der Waals surface area contributed by atoms with Crippen LogP contribution in [0.25, 0.3) is 0 Å². The van der Waals surface area contributed by atoms with Crippen molar-refractivity contribution < 1.29 is 23.2 Å². The molecule has 0 spiro atoms. The average Bonchev–Trinajstić information content (AvgIpc) is 2.56. The predicted octanol–water partition coefficient (Wildman–Crippen LogP) is 3.61. The lowest BCUT2D eigenvalue weighted by Crippen LogP contribution is -2.17. The molecule has 0 unspecified atom stereocenters. The van der Waals surface area contributed by atoms with E-state index in [1.165, 1.54) is 24.3 Å². The molecule has 0 saturated heterocycles. The van der Waals surface area contributed by atoms with Crippen LogP contribution in [0.3, 0.4) is 0 Å². The number of nitro benzene ring substituents is 1. The Morgan fingerprint density at radius 2 is 1.96 bits per heavy atom. The SMILES string of the molecule is O=C(NN=Cc1cc([N+](=O)[O-])ccc1OC(F)F)c1ccc(Cl)cc1. The fourth-order valence-corrected chi connectivity index (χ4v) is 1.91. The number of alkyl halides is 2. The van der Waals surface area contributed by atoms with Crippen molar-refractivity contribution >= 4 is 29.4 Å². The van der Waals surface area contributed by atoms with E-state index in [4.69, 9.17) is 11.6 Å². The van der Waals surface area contributed by atoms with Gasteiger partial charge in [-0.1, -0.05) is 11.6 Å². The Morgan fingerprint density at radius 3 is 2.56 bits per heavy atom. The van der Waals surface area contributed by atoms with E-state index in [0.717, 1.165) is 24.4 Å². The maximum atomic E-state index is 12.4. The molecule has 0 saturated carbocycles. The van der Waals surface area contributed by atoms with Crippen molar-refractivity contribution in [3.8, 4) is 5.75 Å². The van der Waals surface area contributed by atoms with E-state index in [9.17, 15) is 23.7 Å². The van der Waals surface area contributed by atoms with Crippen LogP contribution in [-0.2, 0) is 0 Å². The van der Waals surface area contributed by atoms with Gasteiger partial charge in [0.05, 0.1) is 11.1 Å². The van der Waals surface area contributed by atoms with Crippen LogP contribution in [0.15, 0.2) is 47.6 Å².